The van der Waals surface area contributed by atoms with Crippen LogP contribution in [0.15, 0.2) is 18.2 Å². The van der Waals surface area contributed by atoms with Crippen LogP contribution in [0.1, 0.15) is 30.9 Å². The van der Waals surface area contributed by atoms with E-state index in [9.17, 15) is 4.39 Å². The smallest absolute Gasteiger partial charge is 0.125 e. The Kier molecular flexibility index (Phi) is 3.24. The molecule has 0 aromatic heterocycles. The van der Waals surface area contributed by atoms with E-state index in [4.69, 9.17) is 4.74 Å². The molecule has 98 valence electrons. The molecule has 1 atom stereocenters. The number of halogens is 1. The summed E-state index contributed by atoms with van der Waals surface area (Å²) in [7, 11) is 1.94. The standard InChI is InChI=1S/C14H18FNOS/c1-16-12-9-14(4-6-18-7-5-14)17-13-3-2-10(15)8-11(12)13/h2-3,8,12,16H,4-7,9H2,1H3. The molecule has 1 aromatic carbocycles. The van der Waals surface area contributed by atoms with E-state index >= 15 is 0 Å². The van der Waals surface area contributed by atoms with Gasteiger partial charge < -0.3 is 10.1 Å². The quantitative estimate of drug-likeness (QED) is 0.844. The van der Waals surface area contributed by atoms with Gasteiger partial charge in [-0.25, -0.2) is 4.39 Å². The zero-order valence-corrected chi connectivity index (χ0v) is 11.4. The van der Waals surface area contributed by atoms with Crippen molar-refractivity contribution in [1.29, 1.82) is 0 Å². The van der Waals surface area contributed by atoms with Gasteiger partial charge in [0, 0.05) is 18.0 Å². The fourth-order valence-electron chi connectivity index (χ4n) is 2.95. The minimum Gasteiger partial charge on any atom is -0.487 e. The van der Waals surface area contributed by atoms with Crippen LogP contribution >= 0.6 is 11.8 Å². The Labute approximate surface area is 111 Å². The molecule has 2 nitrogen and oxygen atoms in total. The summed E-state index contributed by atoms with van der Waals surface area (Å²) in [4.78, 5) is 0. The summed E-state index contributed by atoms with van der Waals surface area (Å²) in [6.45, 7) is 0. The lowest BCUT2D eigenvalue weighted by Gasteiger charge is -2.44. The van der Waals surface area contributed by atoms with Crippen molar-refractivity contribution in [2.45, 2.75) is 30.9 Å². The lowest BCUT2D eigenvalue weighted by atomic mass is 9.83. The van der Waals surface area contributed by atoms with Crippen LogP contribution in [0.5, 0.6) is 5.75 Å². The number of thioether (sulfide) groups is 1. The fraction of sp³-hybridized carbons (Fsp3) is 0.571. The molecule has 1 N–H and O–H groups in total. The summed E-state index contributed by atoms with van der Waals surface area (Å²) >= 11 is 1.99. The highest BCUT2D eigenvalue weighted by Gasteiger charge is 2.41. The molecule has 1 aromatic rings. The summed E-state index contributed by atoms with van der Waals surface area (Å²) in [5, 5.41) is 3.31. The van der Waals surface area contributed by atoms with Gasteiger partial charge in [-0.15, -0.1) is 0 Å². The summed E-state index contributed by atoms with van der Waals surface area (Å²) < 4.78 is 19.6. The Morgan fingerprint density at radius 3 is 2.89 bits per heavy atom. The Hall–Kier alpha value is -0.740. The number of hydrogen-bond donors (Lipinski definition) is 1. The maximum atomic E-state index is 13.4. The molecule has 4 heteroatoms. The Balaban J connectivity index is 1.96. The van der Waals surface area contributed by atoms with E-state index in [1.54, 1.807) is 12.1 Å². The first-order chi connectivity index (χ1) is 8.72. The Morgan fingerprint density at radius 1 is 1.39 bits per heavy atom. The summed E-state index contributed by atoms with van der Waals surface area (Å²) in [6.07, 6.45) is 3.12. The number of nitrogens with one attached hydrogen (secondary N) is 1. The molecule has 0 bridgehead atoms. The molecule has 0 aliphatic carbocycles. The molecule has 18 heavy (non-hydrogen) atoms. The predicted molar refractivity (Wildman–Crippen MR) is 72.7 cm³/mol. The lowest BCUT2D eigenvalue weighted by molar-refractivity contribution is 0.0234. The van der Waals surface area contributed by atoms with Crippen molar-refractivity contribution in [1.82, 2.24) is 5.32 Å². The van der Waals surface area contributed by atoms with Gasteiger partial charge in [-0.3, -0.25) is 0 Å². The third-order valence-corrected chi connectivity index (χ3v) is 4.99. The third kappa shape index (κ3) is 2.12. The number of fused-ring (bicyclic) bond motifs is 1. The summed E-state index contributed by atoms with van der Waals surface area (Å²) in [5.41, 5.74) is 0.922. The van der Waals surface area contributed by atoms with E-state index in [0.717, 1.165) is 42.1 Å². The maximum absolute atomic E-state index is 13.4. The topological polar surface area (TPSA) is 21.3 Å². The van der Waals surface area contributed by atoms with E-state index in [1.807, 2.05) is 18.8 Å². The van der Waals surface area contributed by atoms with E-state index < -0.39 is 0 Å². The molecule has 2 aliphatic rings. The monoisotopic (exact) mass is 267 g/mol. The molecule has 1 spiro atoms. The number of benzene rings is 1. The van der Waals surface area contributed by atoms with Crippen LogP contribution < -0.4 is 10.1 Å². The van der Waals surface area contributed by atoms with E-state index in [0.29, 0.717) is 0 Å². The second kappa shape index (κ2) is 4.74. The zero-order chi connectivity index (χ0) is 12.6. The van der Waals surface area contributed by atoms with Gasteiger partial charge in [-0.1, -0.05) is 0 Å². The minimum absolute atomic E-state index is 0.0379. The molecule has 2 aliphatic heterocycles. The summed E-state index contributed by atoms with van der Waals surface area (Å²) in [5.74, 6) is 2.99. The number of rotatable bonds is 1. The highest BCUT2D eigenvalue weighted by atomic mass is 32.2. The van der Waals surface area contributed by atoms with Gasteiger partial charge in [-0.2, -0.15) is 11.8 Å². The van der Waals surface area contributed by atoms with Gasteiger partial charge in [0.1, 0.15) is 17.2 Å². The molecular formula is C14H18FNOS. The highest BCUT2D eigenvalue weighted by Crippen LogP contribution is 2.45. The first-order valence-electron chi connectivity index (χ1n) is 6.46. The Bertz CT molecular complexity index is 445. The largest absolute Gasteiger partial charge is 0.487 e. The molecular weight excluding hydrogens is 249 g/mol. The van der Waals surface area contributed by atoms with Crippen molar-refractivity contribution in [2.75, 3.05) is 18.6 Å². The van der Waals surface area contributed by atoms with Crippen molar-refractivity contribution < 1.29 is 9.13 Å². The van der Waals surface area contributed by atoms with Gasteiger partial charge >= 0.3 is 0 Å². The third-order valence-electron chi connectivity index (χ3n) is 4.00. The number of hydrogen-bond acceptors (Lipinski definition) is 3. The molecule has 2 heterocycles. The van der Waals surface area contributed by atoms with Crippen molar-refractivity contribution in [3.63, 3.8) is 0 Å². The van der Waals surface area contributed by atoms with Crippen LogP contribution in [-0.2, 0) is 0 Å². The molecule has 1 saturated heterocycles. The SMILES string of the molecule is CNC1CC2(CCSCC2)Oc2ccc(F)cc21. The van der Waals surface area contributed by atoms with Crippen LogP contribution in [0.4, 0.5) is 4.39 Å². The Morgan fingerprint density at radius 2 is 2.17 bits per heavy atom. The maximum Gasteiger partial charge on any atom is 0.125 e. The van der Waals surface area contributed by atoms with Gasteiger partial charge in [0.05, 0.1) is 0 Å². The highest BCUT2D eigenvalue weighted by molar-refractivity contribution is 7.99. The van der Waals surface area contributed by atoms with E-state index in [-0.39, 0.29) is 17.5 Å². The second-order valence-corrected chi connectivity index (χ2v) is 6.35. The van der Waals surface area contributed by atoms with E-state index in [2.05, 4.69) is 5.32 Å². The molecule has 1 unspecified atom stereocenters. The average Bonchev–Trinajstić information content (AvgIpc) is 2.39. The average molecular weight is 267 g/mol. The van der Waals surface area contributed by atoms with Crippen LogP contribution in [0.3, 0.4) is 0 Å². The van der Waals surface area contributed by atoms with Crippen molar-refractivity contribution in [2.24, 2.45) is 0 Å². The fourth-order valence-corrected chi connectivity index (χ4v) is 4.19. The van der Waals surface area contributed by atoms with Crippen LogP contribution in [0.25, 0.3) is 0 Å². The molecule has 1 fully saturated rings. The van der Waals surface area contributed by atoms with Gasteiger partial charge in [-0.05, 0) is 49.6 Å². The van der Waals surface area contributed by atoms with Crippen LogP contribution in [0.2, 0.25) is 0 Å². The first-order valence-corrected chi connectivity index (χ1v) is 7.61. The predicted octanol–water partition coefficient (Wildman–Crippen LogP) is 3.13. The molecule has 0 amide bonds. The summed E-state index contributed by atoms with van der Waals surface area (Å²) in [6, 6.07) is 5.06. The van der Waals surface area contributed by atoms with Crippen LogP contribution in [-0.4, -0.2) is 24.2 Å². The minimum atomic E-state index is -0.187. The molecule has 0 radical (unpaired) electrons. The van der Waals surface area contributed by atoms with Crippen molar-refractivity contribution in [3.05, 3.63) is 29.6 Å². The van der Waals surface area contributed by atoms with Gasteiger partial charge in [0.25, 0.3) is 0 Å². The molecule has 0 saturated carbocycles. The normalized spacial score (nSPS) is 25.6. The van der Waals surface area contributed by atoms with Crippen molar-refractivity contribution >= 4 is 11.8 Å². The first kappa shape index (κ1) is 12.3. The lowest BCUT2D eigenvalue weighted by Crippen LogP contribution is -2.46. The molecule has 3 rings (SSSR count). The van der Waals surface area contributed by atoms with Crippen LogP contribution in [0, 0.1) is 5.82 Å². The van der Waals surface area contributed by atoms with Gasteiger partial charge in [0.15, 0.2) is 0 Å². The van der Waals surface area contributed by atoms with Gasteiger partial charge in [0.2, 0.25) is 0 Å². The van der Waals surface area contributed by atoms with Crippen molar-refractivity contribution in [3.8, 4) is 5.75 Å². The van der Waals surface area contributed by atoms with E-state index in [1.165, 1.54) is 6.07 Å². The zero-order valence-electron chi connectivity index (χ0n) is 10.5. The second-order valence-electron chi connectivity index (χ2n) is 5.12. The number of ether oxygens (including phenoxy) is 1.